The minimum atomic E-state index is -0.502. The molecular formula is C22H23N3O5S. The van der Waals surface area contributed by atoms with E-state index in [9.17, 15) is 14.4 Å². The standard InChI is InChI=1S/C22H23N3O5S/c1-2-25-12-16(21(27)15-10-18-19(11-17(15)25)30-13-29-18)22(28)24-8-6-20(26)23-7-5-14-4-3-9-31-14/h3-4,9-12H,2,5-8,13H2,1H3,(H,23,26)(H,24,28). The van der Waals surface area contributed by atoms with Gasteiger partial charge in [-0.3, -0.25) is 14.4 Å². The van der Waals surface area contributed by atoms with Crippen LogP contribution in [0, 0.1) is 0 Å². The fourth-order valence-electron chi connectivity index (χ4n) is 3.46. The molecule has 1 aliphatic heterocycles. The van der Waals surface area contributed by atoms with Crippen molar-refractivity contribution in [1.82, 2.24) is 15.2 Å². The molecule has 4 rings (SSSR count). The summed E-state index contributed by atoms with van der Waals surface area (Å²) in [5, 5.41) is 7.91. The summed E-state index contributed by atoms with van der Waals surface area (Å²) >= 11 is 1.65. The quantitative estimate of drug-likeness (QED) is 0.559. The molecule has 0 saturated heterocycles. The van der Waals surface area contributed by atoms with E-state index in [2.05, 4.69) is 10.6 Å². The van der Waals surface area contributed by atoms with Crippen molar-refractivity contribution in [1.29, 1.82) is 0 Å². The van der Waals surface area contributed by atoms with Gasteiger partial charge in [-0.1, -0.05) is 6.07 Å². The summed E-state index contributed by atoms with van der Waals surface area (Å²) in [7, 11) is 0. The van der Waals surface area contributed by atoms with Crippen molar-refractivity contribution in [3.05, 3.63) is 56.5 Å². The number of pyridine rings is 1. The Morgan fingerprint density at radius 2 is 1.97 bits per heavy atom. The molecule has 0 bridgehead atoms. The molecule has 0 fully saturated rings. The van der Waals surface area contributed by atoms with E-state index >= 15 is 0 Å². The maximum Gasteiger partial charge on any atom is 0.256 e. The van der Waals surface area contributed by atoms with Gasteiger partial charge in [0.2, 0.25) is 18.1 Å². The predicted molar refractivity (Wildman–Crippen MR) is 118 cm³/mol. The highest BCUT2D eigenvalue weighted by molar-refractivity contribution is 7.09. The van der Waals surface area contributed by atoms with Gasteiger partial charge in [0.1, 0.15) is 5.56 Å². The number of carbonyl (C=O) groups excluding carboxylic acids is 2. The number of thiophene rings is 1. The first-order chi connectivity index (χ1) is 15.1. The number of benzene rings is 1. The van der Waals surface area contributed by atoms with Gasteiger partial charge in [0.05, 0.1) is 10.9 Å². The van der Waals surface area contributed by atoms with Gasteiger partial charge in [0.25, 0.3) is 5.91 Å². The van der Waals surface area contributed by atoms with Crippen molar-refractivity contribution >= 4 is 34.1 Å². The maximum atomic E-state index is 12.9. The number of hydrogen-bond donors (Lipinski definition) is 2. The van der Waals surface area contributed by atoms with Gasteiger partial charge >= 0.3 is 0 Å². The molecule has 0 aliphatic carbocycles. The average molecular weight is 442 g/mol. The number of fused-ring (bicyclic) bond motifs is 2. The number of aromatic nitrogens is 1. The van der Waals surface area contributed by atoms with Crippen molar-refractivity contribution in [2.45, 2.75) is 26.3 Å². The minimum Gasteiger partial charge on any atom is -0.454 e. The third kappa shape index (κ3) is 4.56. The second kappa shape index (κ2) is 9.22. The molecule has 0 unspecified atom stereocenters. The molecule has 0 radical (unpaired) electrons. The normalized spacial score (nSPS) is 12.2. The average Bonchev–Trinajstić information content (AvgIpc) is 3.44. The summed E-state index contributed by atoms with van der Waals surface area (Å²) in [6, 6.07) is 7.37. The van der Waals surface area contributed by atoms with E-state index in [4.69, 9.17) is 9.47 Å². The fraction of sp³-hybridized carbons (Fsp3) is 0.318. The van der Waals surface area contributed by atoms with Gasteiger partial charge in [0.15, 0.2) is 11.5 Å². The van der Waals surface area contributed by atoms with Crippen LogP contribution >= 0.6 is 11.3 Å². The summed E-state index contributed by atoms with van der Waals surface area (Å²) in [4.78, 5) is 38.8. The summed E-state index contributed by atoms with van der Waals surface area (Å²) in [6.45, 7) is 3.30. The zero-order valence-electron chi connectivity index (χ0n) is 17.1. The number of nitrogens with zero attached hydrogens (tertiary/aromatic N) is 1. The largest absolute Gasteiger partial charge is 0.454 e. The molecule has 3 heterocycles. The molecule has 1 aromatic carbocycles. The highest BCUT2D eigenvalue weighted by Gasteiger charge is 2.20. The first-order valence-corrected chi connectivity index (χ1v) is 11.0. The molecular weight excluding hydrogens is 418 g/mol. The predicted octanol–water partition coefficient (Wildman–Crippen LogP) is 2.29. The lowest BCUT2D eigenvalue weighted by atomic mass is 10.1. The van der Waals surface area contributed by atoms with Crippen LogP contribution in [0.5, 0.6) is 11.5 Å². The minimum absolute atomic E-state index is 0.0336. The number of ether oxygens (including phenoxy) is 2. The van der Waals surface area contributed by atoms with Gasteiger partial charge in [-0.25, -0.2) is 0 Å². The number of amides is 2. The lowest BCUT2D eigenvalue weighted by Crippen LogP contribution is -2.34. The molecule has 2 N–H and O–H groups in total. The number of hydrogen-bond acceptors (Lipinski definition) is 6. The maximum absolute atomic E-state index is 12.9. The van der Waals surface area contributed by atoms with Gasteiger partial charge < -0.3 is 24.7 Å². The molecule has 0 saturated carbocycles. The second-order valence-electron chi connectivity index (χ2n) is 7.07. The van der Waals surface area contributed by atoms with Crippen LogP contribution in [0.1, 0.15) is 28.6 Å². The molecule has 8 nitrogen and oxygen atoms in total. The van der Waals surface area contributed by atoms with Crippen molar-refractivity contribution in [2.75, 3.05) is 19.9 Å². The van der Waals surface area contributed by atoms with Crippen molar-refractivity contribution in [3.8, 4) is 11.5 Å². The van der Waals surface area contributed by atoms with E-state index in [0.29, 0.717) is 35.5 Å². The van der Waals surface area contributed by atoms with Crippen LogP contribution in [0.25, 0.3) is 10.9 Å². The SMILES string of the molecule is CCn1cc(C(=O)NCCC(=O)NCCc2cccs2)c(=O)c2cc3c(cc21)OCO3. The Morgan fingerprint density at radius 3 is 2.71 bits per heavy atom. The summed E-state index contributed by atoms with van der Waals surface area (Å²) in [5.74, 6) is 0.424. The molecule has 0 spiro atoms. The van der Waals surface area contributed by atoms with E-state index in [0.717, 1.165) is 6.42 Å². The van der Waals surface area contributed by atoms with Crippen molar-refractivity contribution in [3.63, 3.8) is 0 Å². The molecule has 1 aliphatic rings. The van der Waals surface area contributed by atoms with Gasteiger partial charge in [-0.05, 0) is 30.9 Å². The molecule has 162 valence electrons. The zero-order chi connectivity index (χ0) is 21.8. The van der Waals surface area contributed by atoms with Crippen molar-refractivity contribution < 1.29 is 19.1 Å². The van der Waals surface area contributed by atoms with Crippen molar-refractivity contribution in [2.24, 2.45) is 0 Å². The topological polar surface area (TPSA) is 98.7 Å². The van der Waals surface area contributed by atoms with Crippen LogP contribution in [0.3, 0.4) is 0 Å². The lowest BCUT2D eigenvalue weighted by molar-refractivity contribution is -0.120. The Balaban J connectivity index is 1.39. The molecule has 2 amide bonds. The Bertz CT molecular complexity index is 1170. The molecule has 0 atom stereocenters. The van der Waals surface area contributed by atoms with Crippen LogP contribution in [-0.4, -0.2) is 36.3 Å². The summed E-state index contributed by atoms with van der Waals surface area (Å²) in [5.41, 5.74) is 0.334. The van der Waals surface area contributed by atoms with Crippen LogP contribution in [0.4, 0.5) is 0 Å². The first-order valence-electron chi connectivity index (χ1n) is 10.1. The van der Waals surface area contributed by atoms with Gasteiger partial charge in [-0.15, -0.1) is 11.3 Å². The Labute approximate surface area is 182 Å². The van der Waals surface area contributed by atoms with Gasteiger partial charge in [0, 0.05) is 43.2 Å². The first kappa shape index (κ1) is 20.9. The Hall–Kier alpha value is -3.33. The Kier molecular flexibility index (Phi) is 6.22. The van der Waals surface area contributed by atoms with E-state index < -0.39 is 5.91 Å². The van der Waals surface area contributed by atoms with E-state index in [1.54, 1.807) is 29.7 Å². The van der Waals surface area contributed by atoms with Crippen LogP contribution < -0.4 is 25.5 Å². The summed E-state index contributed by atoms with van der Waals surface area (Å²) in [6.07, 6.45) is 2.47. The van der Waals surface area contributed by atoms with Crippen LogP contribution in [0.15, 0.2) is 40.6 Å². The van der Waals surface area contributed by atoms with E-state index in [-0.39, 0.29) is 36.7 Å². The lowest BCUT2D eigenvalue weighted by Gasteiger charge is -2.12. The molecule has 2 aromatic heterocycles. The number of nitrogens with one attached hydrogen (secondary N) is 2. The highest BCUT2D eigenvalue weighted by Crippen LogP contribution is 2.35. The third-order valence-corrected chi connectivity index (χ3v) is 6.01. The molecule has 3 aromatic rings. The smallest absolute Gasteiger partial charge is 0.256 e. The fourth-order valence-corrected chi connectivity index (χ4v) is 4.17. The second-order valence-corrected chi connectivity index (χ2v) is 8.10. The number of carbonyl (C=O) groups is 2. The molecule has 31 heavy (non-hydrogen) atoms. The van der Waals surface area contributed by atoms with E-state index in [1.807, 2.05) is 29.0 Å². The van der Waals surface area contributed by atoms with Crippen LogP contribution in [0.2, 0.25) is 0 Å². The monoisotopic (exact) mass is 441 g/mol. The Morgan fingerprint density at radius 1 is 1.16 bits per heavy atom. The number of aryl methyl sites for hydroxylation is 1. The van der Waals surface area contributed by atoms with Crippen LogP contribution in [-0.2, 0) is 17.8 Å². The number of rotatable bonds is 8. The highest BCUT2D eigenvalue weighted by atomic mass is 32.1. The van der Waals surface area contributed by atoms with E-state index in [1.165, 1.54) is 4.88 Å². The van der Waals surface area contributed by atoms with Gasteiger partial charge in [-0.2, -0.15) is 0 Å². The third-order valence-electron chi connectivity index (χ3n) is 5.07. The molecule has 9 heteroatoms. The zero-order valence-corrected chi connectivity index (χ0v) is 17.9. The summed E-state index contributed by atoms with van der Waals surface area (Å²) < 4.78 is 12.6.